The predicted molar refractivity (Wildman–Crippen MR) is 75.3 cm³/mol. The minimum Gasteiger partial charge on any atom is -0.341 e. The number of rotatable bonds is 4. The Balaban J connectivity index is 2.53. The number of carbonyl (C=O) groups excluding carboxylic acids is 1. The highest BCUT2D eigenvalue weighted by molar-refractivity contribution is 5.81. The molecular weight excluding hydrogens is 226 g/mol. The normalized spacial score (nSPS) is 27.3. The molecule has 0 saturated carbocycles. The molecule has 0 aliphatic carbocycles. The zero-order valence-corrected chi connectivity index (χ0v) is 12.5. The Kier molecular flexibility index (Phi) is 5.60. The summed E-state index contributed by atoms with van der Waals surface area (Å²) in [5.74, 6) is 0.569. The summed E-state index contributed by atoms with van der Waals surface area (Å²) in [6, 6.07) is 0.548. The molecule has 1 saturated heterocycles. The largest absolute Gasteiger partial charge is 0.341 e. The highest BCUT2D eigenvalue weighted by atomic mass is 16.2. The summed E-state index contributed by atoms with van der Waals surface area (Å²) in [4.78, 5) is 16.5. The molecule has 18 heavy (non-hydrogen) atoms. The van der Waals surface area contributed by atoms with Gasteiger partial charge in [-0.15, -0.1) is 0 Å². The van der Waals surface area contributed by atoms with Gasteiger partial charge in [-0.05, 0) is 39.2 Å². The molecule has 3 atom stereocenters. The second-order valence-corrected chi connectivity index (χ2v) is 6.19. The number of hydrogen-bond acceptors (Lipinski definition) is 3. The summed E-state index contributed by atoms with van der Waals surface area (Å²) >= 11 is 0. The molecule has 1 fully saturated rings. The van der Waals surface area contributed by atoms with E-state index >= 15 is 0 Å². The molecule has 0 aromatic rings. The third kappa shape index (κ3) is 3.95. The zero-order chi connectivity index (χ0) is 13.9. The van der Waals surface area contributed by atoms with E-state index in [1.54, 1.807) is 0 Å². The maximum Gasteiger partial charge on any atom is 0.239 e. The maximum absolute atomic E-state index is 12.3. The molecular formula is C14H29N3O. The summed E-state index contributed by atoms with van der Waals surface area (Å²) in [5, 5.41) is 0. The molecule has 0 aromatic heterocycles. The quantitative estimate of drug-likeness (QED) is 0.824. The van der Waals surface area contributed by atoms with Gasteiger partial charge in [-0.2, -0.15) is 0 Å². The minimum atomic E-state index is -0.343. The van der Waals surface area contributed by atoms with Crippen molar-refractivity contribution in [2.75, 3.05) is 20.6 Å². The van der Waals surface area contributed by atoms with Crippen LogP contribution in [-0.2, 0) is 4.79 Å². The van der Waals surface area contributed by atoms with Crippen molar-refractivity contribution in [3.05, 3.63) is 0 Å². The molecule has 106 valence electrons. The van der Waals surface area contributed by atoms with Crippen LogP contribution in [0.3, 0.4) is 0 Å². The smallest absolute Gasteiger partial charge is 0.239 e. The Morgan fingerprint density at radius 1 is 1.50 bits per heavy atom. The molecule has 4 nitrogen and oxygen atoms in total. The van der Waals surface area contributed by atoms with Crippen molar-refractivity contribution in [2.45, 2.75) is 58.2 Å². The van der Waals surface area contributed by atoms with Crippen LogP contribution in [0.15, 0.2) is 0 Å². The molecule has 1 rings (SSSR count). The van der Waals surface area contributed by atoms with E-state index in [-0.39, 0.29) is 11.9 Å². The highest BCUT2D eigenvalue weighted by Gasteiger charge is 2.30. The fraction of sp³-hybridized carbons (Fsp3) is 0.929. The number of amides is 1. The van der Waals surface area contributed by atoms with Crippen LogP contribution in [0.5, 0.6) is 0 Å². The Bertz CT molecular complexity index is 280. The SMILES string of the molecule is CC(C)C[C@H](N)C(=O)N(C)[C@H]1CCN(C)[C@H](C)C1. The lowest BCUT2D eigenvalue weighted by molar-refractivity contribution is -0.134. The van der Waals surface area contributed by atoms with E-state index in [9.17, 15) is 4.79 Å². The molecule has 1 aliphatic heterocycles. The number of hydrogen-bond donors (Lipinski definition) is 1. The molecule has 1 aliphatic rings. The van der Waals surface area contributed by atoms with Crippen molar-refractivity contribution in [1.29, 1.82) is 0 Å². The first-order valence-corrected chi connectivity index (χ1v) is 7.05. The van der Waals surface area contributed by atoms with Gasteiger partial charge in [0.05, 0.1) is 6.04 Å². The average molecular weight is 255 g/mol. The molecule has 4 heteroatoms. The first kappa shape index (κ1) is 15.4. The van der Waals surface area contributed by atoms with E-state index in [4.69, 9.17) is 5.73 Å². The molecule has 0 bridgehead atoms. The first-order valence-electron chi connectivity index (χ1n) is 7.05. The van der Waals surface area contributed by atoms with Crippen LogP contribution >= 0.6 is 0 Å². The lowest BCUT2D eigenvalue weighted by Crippen LogP contribution is -2.52. The first-order chi connectivity index (χ1) is 8.32. The fourth-order valence-electron chi connectivity index (χ4n) is 2.67. The second kappa shape index (κ2) is 6.53. The second-order valence-electron chi connectivity index (χ2n) is 6.19. The fourth-order valence-corrected chi connectivity index (χ4v) is 2.67. The average Bonchev–Trinajstić information content (AvgIpc) is 2.30. The molecule has 0 radical (unpaired) electrons. The molecule has 0 spiro atoms. The minimum absolute atomic E-state index is 0.102. The highest BCUT2D eigenvalue weighted by Crippen LogP contribution is 2.20. The Hall–Kier alpha value is -0.610. The summed E-state index contributed by atoms with van der Waals surface area (Å²) in [5.41, 5.74) is 5.99. The summed E-state index contributed by atoms with van der Waals surface area (Å²) in [7, 11) is 4.05. The lowest BCUT2D eigenvalue weighted by Gasteiger charge is -2.40. The van der Waals surface area contributed by atoms with Crippen LogP contribution in [0.2, 0.25) is 0 Å². The molecule has 0 aromatic carbocycles. The van der Waals surface area contributed by atoms with Crippen molar-refractivity contribution in [3.63, 3.8) is 0 Å². The topological polar surface area (TPSA) is 49.6 Å². The number of nitrogens with zero attached hydrogens (tertiary/aromatic N) is 2. The number of likely N-dealkylation sites (tertiary alicyclic amines) is 1. The van der Waals surface area contributed by atoms with Crippen LogP contribution in [-0.4, -0.2) is 54.5 Å². The lowest BCUT2D eigenvalue weighted by atomic mass is 9.96. The number of piperidine rings is 1. The van der Waals surface area contributed by atoms with Crippen molar-refractivity contribution in [1.82, 2.24) is 9.80 Å². The van der Waals surface area contributed by atoms with E-state index in [1.165, 1.54) is 0 Å². The predicted octanol–water partition coefficient (Wildman–Crippen LogP) is 1.30. The summed E-state index contributed by atoms with van der Waals surface area (Å²) < 4.78 is 0. The molecule has 2 N–H and O–H groups in total. The molecule has 1 heterocycles. The van der Waals surface area contributed by atoms with E-state index in [0.29, 0.717) is 18.0 Å². The van der Waals surface area contributed by atoms with Crippen molar-refractivity contribution in [3.8, 4) is 0 Å². The van der Waals surface area contributed by atoms with E-state index in [0.717, 1.165) is 25.8 Å². The van der Waals surface area contributed by atoms with E-state index in [2.05, 4.69) is 32.7 Å². The van der Waals surface area contributed by atoms with Crippen LogP contribution in [0.4, 0.5) is 0 Å². The van der Waals surface area contributed by atoms with Gasteiger partial charge in [-0.25, -0.2) is 0 Å². The van der Waals surface area contributed by atoms with Gasteiger partial charge in [0, 0.05) is 25.7 Å². The van der Waals surface area contributed by atoms with Crippen molar-refractivity contribution in [2.24, 2.45) is 11.7 Å². The van der Waals surface area contributed by atoms with Crippen LogP contribution < -0.4 is 5.73 Å². The Labute approximate surface area is 111 Å². The van der Waals surface area contributed by atoms with Gasteiger partial charge in [0.25, 0.3) is 0 Å². The van der Waals surface area contributed by atoms with Crippen LogP contribution in [0.25, 0.3) is 0 Å². The van der Waals surface area contributed by atoms with Crippen molar-refractivity contribution < 1.29 is 4.79 Å². The maximum atomic E-state index is 12.3. The Morgan fingerprint density at radius 2 is 2.11 bits per heavy atom. The monoisotopic (exact) mass is 255 g/mol. The van der Waals surface area contributed by atoms with Gasteiger partial charge >= 0.3 is 0 Å². The zero-order valence-electron chi connectivity index (χ0n) is 12.5. The van der Waals surface area contributed by atoms with Gasteiger partial charge in [0.15, 0.2) is 0 Å². The third-order valence-corrected chi connectivity index (χ3v) is 4.12. The van der Waals surface area contributed by atoms with Gasteiger partial charge < -0.3 is 15.5 Å². The van der Waals surface area contributed by atoms with Gasteiger partial charge in [-0.1, -0.05) is 13.8 Å². The summed E-state index contributed by atoms with van der Waals surface area (Å²) in [6.07, 6.45) is 2.87. The van der Waals surface area contributed by atoms with E-state index in [1.807, 2.05) is 11.9 Å². The number of likely N-dealkylation sites (N-methyl/N-ethyl adjacent to an activating group) is 1. The van der Waals surface area contributed by atoms with Crippen molar-refractivity contribution >= 4 is 5.91 Å². The standard InChI is InChI=1S/C14H29N3O/c1-10(2)8-13(15)14(18)17(5)12-6-7-16(4)11(3)9-12/h10-13H,6-9,15H2,1-5H3/t11-,12+,13+/m1/s1. The van der Waals surface area contributed by atoms with Crippen LogP contribution in [0, 0.1) is 5.92 Å². The van der Waals surface area contributed by atoms with Gasteiger partial charge in [0.1, 0.15) is 0 Å². The molecule has 0 unspecified atom stereocenters. The Morgan fingerprint density at radius 3 is 2.61 bits per heavy atom. The van der Waals surface area contributed by atoms with Gasteiger partial charge in [-0.3, -0.25) is 4.79 Å². The third-order valence-electron chi connectivity index (χ3n) is 4.12. The molecule has 1 amide bonds. The van der Waals surface area contributed by atoms with E-state index < -0.39 is 0 Å². The number of carbonyl (C=O) groups is 1. The number of nitrogens with two attached hydrogens (primary N) is 1. The van der Waals surface area contributed by atoms with Gasteiger partial charge in [0.2, 0.25) is 5.91 Å². The van der Waals surface area contributed by atoms with Crippen LogP contribution in [0.1, 0.15) is 40.0 Å². The summed E-state index contributed by atoms with van der Waals surface area (Å²) in [6.45, 7) is 7.48.